The SMILES string of the molecule is O=CNC(CC(=O)O)c1ccc2ncccc2c1. The van der Waals surface area contributed by atoms with E-state index < -0.39 is 12.0 Å². The number of amides is 1. The van der Waals surface area contributed by atoms with E-state index in [1.54, 1.807) is 12.3 Å². The van der Waals surface area contributed by atoms with Crippen LogP contribution in [0.4, 0.5) is 0 Å². The van der Waals surface area contributed by atoms with Crippen LogP contribution in [0.25, 0.3) is 10.9 Å². The minimum Gasteiger partial charge on any atom is -0.481 e. The third kappa shape index (κ3) is 2.63. The maximum Gasteiger partial charge on any atom is 0.305 e. The molecule has 0 radical (unpaired) electrons. The Morgan fingerprint density at radius 3 is 3.00 bits per heavy atom. The van der Waals surface area contributed by atoms with Crippen molar-refractivity contribution in [3.8, 4) is 0 Å². The first-order valence-corrected chi connectivity index (χ1v) is 5.47. The van der Waals surface area contributed by atoms with Crippen molar-refractivity contribution in [2.45, 2.75) is 12.5 Å². The summed E-state index contributed by atoms with van der Waals surface area (Å²) < 4.78 is 0. The second-order valence-electron chi connectivity index (χ2n) is 3.89. The molecule has 0 fully saturated rings. The van der Waals surface area contributed by atoms with Gasteiger partial charge in [0.15, 0.2) is 0 Å². The minimum absolute atomic E-state index is 0.148. The van der Waals surface area contributed by atoms with Gasteiger partial charge < -0.3 is 10.4 Å². The van der Waals surface area contributed by atoms with E-state index in [4.69, 9.17) is 5.11 Å². The Hall–Kier alpha value is -2.43. The molecule has 0 aliphatic heterocycles. The van der Waals surface area contributed by atoms with Crippen molar-refractivity contribution in [1.82, 2.24) is 10.3 Å². The molecule has 1 aromatic heterocycles. The normalized spacial score (nSPS) is 12.0. The van der Waals surface area contributed by atoms with E-state index in [1.165, 1.54) is 0 Å². The highest BCUT2D eigenvalue weighted by atomic mass is 16.4. The molecule has 5 nitrogen and oxygen atoms in total. The number of aliphatic carboxylic acids is 1. The molecule has 18 heavy (non-hydrogen) atoms. The Morgan fingerprint density at radius 2 is 2.28 bits per heavy atom. The molecule has 1 atom stereocenters. The molecule has 5 heteroatoms. The molecule has 0 aliphatic rings. The van der Waals surface area contributed by atoms with Crippen molar-refractivity contribution in [2.24, 2.45) is 0 Å². The van der Waals surface area contributed by atoms with E-state index in [0.717, 1.165) is 16.5 Å². The number of aromatic nitrogens is 1. The Morgan fingerprint density at radius 1 is 1.44 bits per heavy atom. The molecular formula is C13H12N2O3. The van der Waals surface area contributed by atoms with Gasteiger partial charge in [-0.1, -0.05) is 12.1 Å². The average Bonchev–Trinajstić information content (AvgIpc) is 2.37. The zero-order valence-electron chi connectivity index (χ0n) is 9.54. The predicted molar refractivity (Wildman–Crippen MR) is 65.9 cm³/mol. The third-order valence-corrected chi connectivity index (χ3v) is 2.68. The smallest absolute Gasteiger partial charge is 0.305 e. The average molecular weight is 244 g/mol. The summed E-state index contributed by atoms with van der Waals surface area (Å²) in [5.74, 6) is -0.958. The molecule has 0 saturated carbocycles. The van der Waals surface area contributed by atoms with Crippen molar-refractivity contribution < 1.29 is 14.7 Å². The number of carboxylic acids is 1. The monoisotopic (exact) mass is 244 g/mol. The predicted octanol–water partition coefficient (Wildman–Crippen LogP) is 1.50. The van der Waals surface area contributed by atoms with Crippen LogP contribution in [-0.2, 0) is 9.59 Å². The number of nitrogens with zero attached hydrogens (tertiary/aromatic N) is 1. The molecular weight excluding hydrogens is 232 g/mol. The molecule has 1 amide bonds. The molecule has 0 saturated heterocycles. The van der Waals surface area contributed by atoms with Crippen LogP contribution in [-0.4, -0.2) is 22.5 Å². The van der Waals surface area contributed by atoms with E-state index in [0.29, 0.717) is 6.41 Å². The third-order valence-electron chi connectivity index (χ3n) is 2.68. The molecule has 1 heterocycles. The fraction of sp³-hybridized carbons (Fsp3) is 0.154. The summed E-state index contributed by atoms with van der Waals surface area (Å²) in [6, 6.07) is 8.61. The number of fused-ring (bicyclic) bond motifs is 1. The lowest BCUT2D eigenvalue weighted by atomic mass is 10.0. The van der Waals surface area contributed by atoms with Crippen molar-refractivity contribution in [3.63, 3.8) is 0 Å². The molecule has 92 valence electrons. The Balaban J connectivity index is 2.37. The van der Waals surface area contributed by atoms with Gasteiger partial charge in [0.25, 0.3) is 0 Å². The molecule has 0 spiro atoms. The standard InChI is InChI=1S/C13H12N2O3/c16-8-15-12(7-13(17)18)10-3-4-11-9(6-10)2-1-5-14-11/h1-6,8,12H,7H2,(H,15,16)(H,17,18). The van der Waals surface area contributed by atoms with Gasteiger partial charge in [-0.3, -0.25) is 14.6 Å². The first-order chi connectivity index (χ1) is 8.70. The van der Waals surface area contributed by atoms with Crippen molar-refractivity contribution >= 4 is 23.3 Å². The molecule has 1 unspecified atom stereocenters. The van der Waals surface area contributed by atoms with Crippen LogP contribution in [0.15, 0.2) is 36.5 Å². The number of hydrogen-bond donors (Lipinski definition) is 2. The van der Waals surface area contributed by atoms with Crippen molar-refractivity contribution in [2.75, 3.05) is 0 Å². The lowest BCUT2D eigenvalue weighted by Crippen LogP contribution is -2.22. The Bertz CT molecular complexity index is 583. The van der Waals surface area contributed by atoms with Crippen LogP contribution in [0.3, 0.4) is 0 Å². The summed E-state index contributed by atoms with van der Waals surface area (Å²) in [4.78, 5) is 25.5. The Labute approximate surface area is 103 Å². The van der Waals surface area contributed by atoms with Gasteiger partial charge in [0.1, 0.15) is 0 Å². The maximum absolute atomic E-state index is 10.8. The van der Waals surface area contributed by atoms with Crippen LogP contribution < -0.4 is 5.32 Å². The topological polar surface area (TPSA) is 79.3 Å². The second kappa shape index (κ2) is 5.27. The molecule has 2 N–H and O–H groups in total. The fourth-order valence-electron chi connectivity index (χ4n) is 1.84. The van der Waals surface area contributed by atoms with Gasteiger partial charge in [-0.25, -0.2) is 0 Å². The number of carbonyl (C=O) groups excluding carboxylic acids is 1. The van der Waals surface area contributed by atoms with Gasteiger partial charge in [-0.15, -0.1) is 0 Å². The highest BCUT2D eigenvalue weighted by molar-refractivity contribution is 5.79. The first-order valence-electron chi connectivity index (χ1n) is 5.47. The van der Waals surface area contributed by atoms with E-state index >= 15 is 0 Å². The quantitative estimate of drug-likeness (QED) is 0.781. The second-order valence-corrected chi connectivity index (χ2v) is 3.89. The number of carbonyl (C=O) groups is 2. The molecule has 2 rings (SSSR count). The largest absolute Gasteiger partial charge is 0.481 e. The summed E-state index contributed by atoms with van der Waals surface area (Å²) in [5.41, 5.74) is 1.59. The number of hydrogen-bond acceptors (Lipinski definition) is 3. The number of pyridine rings is 1. The van der Waals surface area contributed by atoms with Gasteiger partial charge in [0.2, 0.25) is 6.41 Å². The summed E-state index contributed by atoms with van der Waals surface area (Å²) in [5, 5.41) is 12.2. The number of carboxylic acid groups (broad SMARTS) is 1. The van der Waals surface area contributed by atoms with Gasteiger partial charge in [0.05, 0.1) is 18.0 Å². The number of benzene rings is 1. The van der Waals surface area contributed by atoms with Crippen LogP contribution in [0.1, 0.15) is 18.0 Å². The highest BCUT2D eigenvalue weighted by Gasteiger charge is 2.14. The van der Waals surface area contributed by atoms with Gasteiger partial charge >= 0.3 is 5.97 Å². The lowest BCUT2D eigenvalue weighted by Gasteiger charge is -2.14. The molecule has 0 aliphatic carbocycles. The molecule has 0 bridgehead atoms. The van der Waals surface area contributed by atoms with Gasteiger partial charge in [0, 0.05) is 11.6 Å². The van der Waals surface area contributed by atoms with Crippen molar-refractivity contribution in [3.05, 3.63) is 42.1 Å². The first kappa shape index (κ1) is 12.0. The summed E-state index contributed by atoms with van der Waals surface area (Å²) >= 11 is 0. The van der Waals surface area contributed by atoms with E-state index in [1.807, 2.05) is 24.3 Å². The zero-order chi connectivity index (χ0) is 13.0. The molecule has 1 aromatic carbocycles. The van der Waals surface area contributed by atoms with Gasteiger partial charge in [-0.05, 0) is 23.8 Å². The van der Waals surface area contributed by atoms with Crippen LogP contribution in [0, 0.1) is 0 Å². The van der Waals surface area contributed by atoms with Crippen LogP contribution >= 0.6 is 0 Å². The van der Waals surface area contributed by atoms with E-state index in [-0.39, 0.29) is 6.42 Å². The summed E-state index contributed by atoms with van der Waals surface area (Å²) in [6.07, 6.45) is 2.06. The van der Waals surface area contributed by atoms with E-state index in [2.05, 4.69) is 10.3 Å². The lowest BCUT2D eigenvalue weighted by molar-refractivity contribution is -0.137. The van der Waals surface area contributed by atoms with Crippen LogP contribution in [0.2, 0.25) is 0 Å². The van der Waals surface area contributed by atoms with Crippen LogP contribution in [0.5, 0.6) is 0 Å². The molecule has 2 aromatic rings. The van der Waals surface area contributed by atoms with Gasteiger partial charge in [-0.2, -0.15) is 0 Å². The summed E-state index contributed by atoms with van der Waals surface area (Å²) in [7, 11) is 0. The minimum atomic E-state index is -0.958. The number of rotatable bonds is 5. The maximum atomic E-state index is 10.8. The van der Waals surface area contributed by atoms with E-state index in [9.17, 15) is 9.59 Å². The zero-order valence-corrected chi connectivity index (χ0v) is 9.54. The number of nitrogens with one attached hydrogen (secondary N) is 1. The summed E-state index contributed by atoms with van der Waals surface area (Å²) in [6.45, 7) is 0. The fourth-order valence-corrected chi connectivity index (χ4v) is 1.84. The van der Waals surface area contributed by atoms with Crippen molar-refractivity contribution in [1.29, 1.82) is 0 Å². The Kier molecular flexibility index (Phi) is 3.52. The highest BCUT2D eigenvalue weighted by Crippen LogP contribution is 2.21.